The number of likely N-dealkylation sites (tertiary alicyclic amines) is 1. The second-order valence-corrected chi connectivity index (χ2v) is 10.8. The highest BCUT2D eigenvalue weighted by molar-refractivity contribution is 5.86. The van der Waals surface area contributed by atoms with E-state index in [1.54, 1.807) is 0 Å². The molecule has 1 aliphatic heterocycles. The third-order valence-corrected chi connectivity index (χ3v) is 8.11. The fraction of sp³-hybridized carbons (Fsp3) is 0.464. The van der Waals surface area contributed by atoms with E-state index in [-0.39, 0.29) is 24.9 Å². The maximum absolute atomic E-state index is 13.1. The Morgan fingerprint density at radius 1 is 1.00 bits per heavy atom. The van der Waals surface area contributed by atoms with Crippen LogP contribution in [-0.4, -0.2) is 52.7 Å². The largest absolute Gasteiger partial charge is 0.480 e. The topological polar surface area (TPSA) is 95.9 Å². The minimum absolute atomic E-state index is 0.0321. The van der Waals surface area contributed by atoms with Crippen LogP contribution < -0.4 is 5.32 Å². The average Bonchev–Trinajstić information content (AvgIpc) is 3.30. The summed E-state index contributed by atoms with van der Waals surface area (Å²) in [5, 5.41) is 12.7. The molecule has 0 bridgehead atoms. The molecule has 7 heteroatoms. The lowest BCUT2D eigenvalue weighted by atomic mass is 9.74. The molecule has 35 heavy (non-hydrogen) atoms. The maximum atomic E-state index is 13.1. The van der Waals surface area contributed by atoms with Gasteiger partial charge in [0.05, 0.1) is 12.0 Å². The second-order valence-electron chi connectivity index (χ2n) is 10.8. The van der Waals surface area contributed by atoms with E-state index < -0.39 is 29.1 Å². The summed E-state index contributed by atoms with van der Waals surface area (Å²) >= 11 is 0. The van der Waals surface area contributed by atoms with Crippen LogP contribution in [0.1, 0.15) is 63.0 Å². The summed E-state index contributed by atoms with van der Waals surface area (Å²) in [5.41, 5.74) is 3.47. The van der Waals surface area contributed by atoms with E-state index in [4.69, 9.17) is 4.74 Å². The van der Waals surface area contributed by atoms with Gasteiger partial charge in [-0.1, -0.05) is 62.4 Å². The summed E-state index contributed by atoms with van der Waals surface area (Å²) in [6.45, 7) is 4.40. The van der Waals surface area contributed by atoms with E-state index in [2.05, 4.69) is 29.6 Å². The molecule has 2 aliphatic carbocycles. The lowest BCUT2D eigenvalue weighted by Gasteiger charge is -2.43. The Balaban J connectivity index is 1.24. The Labute approximate surface area is 205 Å². The number of rotatable bonds is 6. The molecule has 2 amide bonds. The summed E-state index contributed by atoms with van der Waals surface area (Å²) in [5.74, 6) is -1.23. The van der Waals surface area contributed by atoms with Crippen LogP contribution in [-0.2, 0) is 14.3 Å². The van der Waals surface area contributed by atoms with Crippen molar-refractivity contribution in [2.75, 3.05) is 13.2 Å². The Morgan fingerprint density at radius 2 is 1.60 bits per heavy atom. The number of carboxylic acids is 1. The Bertz CT molecular complexity index is 1120. The minimum atomic E-state index is -0.979. The van der Waals surface area contributed by atoms with Gasteiger partial charge in [0.1, 0.15) is 12.6 Å². The first-order chi connectivity index (χ1) is 16.7. The molecule has 1 heterocycles. The van der Waals surface area contributed by atoms with Crippen molar-refractivity contribution in [1.82, 2.24) is 10.2 Å². The van der Waals surface area contributed by atoms with Gasteiger partial charge in [-0.15, -0.1) is 0 Å². The minimum Gasteiger partial charge on any atom is -0.480 e. The van der Waals surface area contributed by atoms with Crippen molar-refractivity contribution in [2.45, 2.75) is 63.5 Å². The molecule has 0 spiro atoms. The zero-order chi connectivity index (χ0) is 24.8. The molecule has 3 aliphatic rings. The van der Waals surface area contributed by atoms with Gasteiger partial charge in [0.25, 0.3) is 0 Å². The number of aliphatic carboxylic acids is 1. The van der Waals surface area contributed by atoms with Crippen LogP contribution in [0.25, 0.3) is 11.1 Å². The summed E-state index contributed by atoms with van der Waals surface area (Å²) in [6.07, 6.45) is 2.47. The quantitative estimate of drug-likeness (QED) is 0.638. The Morgan fingerprint density at radius 3 is 2.14 bits per heavy atom. The van der Waals surface area contributed by atoms with Crippen LogP contribution in [0.4, 0.5) is 4.79 Å². The maximum Gasteiger partial charge on any atom is 0.407 e. The zero-order valence-corrected chi connectivity index (χ0v) is 20.3. The molecule has 2 N–H and O–H groups in total. The number of nitrogens with one attached hydrogen (secondary N) is 1. The number of carbonyl (C=O) groups is 3. The Kier molecular flexibility index (Phi) is 5.82. The summed E-state index contributed by atoms with van der Waals surface area (Å²) in [7, 11) is 0. The molecule has 0 radical (unpaired) electrons. The van der Waals surface area contributed by atoms with Crippen molar-refractivity contribution in [2.24, 2.45) is 5.41 Å². The predicted molar refractivity (Wildman–Crippen MR) is 131 cm³/mol. The smallest absolute Gasteiger partial charge is 0.407 e. The van der Waals surface area contributed by atoms with Crippen molar-refractivity contribution in [3.63, 3.8) is 0 Å². The number of hydrogen-bond donors (Lipinski definition) is 2. The summed E-state index contributed by atoms with van der Waals surface area (Å²) < 4.78 is 5.70. The molecular formula is C28H32N2O5. The number of benzene rings is 2. The number of carbonyl (C=O) groups excluding carboxylic acids is 2. The van der Waals surface area contributed by atoms with Gasteiger partial charge in [-0.3, -0.25) is 4.79 Å². The van der Waals surface area contributed by atoms with E-state index in [0.717, 1.165) is 17.5 Å². The van der Waals surface area contributed by atoms with Crippen LogP contribution in [0.2, 0.25) is 0 Å². The monoisotopic (exact) mass is 476 g/mol. The normalized spacial score (nSPS) is 21.5. The highest BCUT2D eigenvalue weighted by atomic mass is 16.5. The standard InChI is InChI=1S/C28H32N2O5/c1-27(2)14-15-30(24(27)25(32)33)23(31)16-28(12-7-13-28)29-26(34)35-17-22-20-10-5-3-8-18(20)19-9-4-6-11-21(19)22/h3-6,8-11,22,24H,7,12-17H2,1-2H3,(H,29,34)(H,32,33). The number of nitrogens with zero attached hydrogens (tertiary/aromatic N) is 1. The second kappa shape index (κ2) is 8.70. The fourth-order valence-corrected chi connectivity index (χ4v) is 6.02. The predicted octanol–water partition coefficient (Wildman–Crippen LogP) is 4.55. The number of hydrogen-bond acceptors (Lipinski definition) is 4. The lowest BCUT2D eigenvalue weighted by Crippen LogP contribution is -2.57. The van der Waals surface area contributed by atoms with Gasteiger partial charge in [-0.05, 0) is 53.4 Å². The van der Waals surface area contributed by atoms with E-state index in [1.165, 1.54) is 16.0 Å². The summed E-state index contributed by atoms with van der Waals surface area (Å²) in [6, 6.07) is 15.5. The third-order valence-electron chi connectivity index (χ3n) is 8.11. The fourth-order valence-electron chi connectivity index (χ4n) is 6.02. The first-order valence-corrected chi connectivity index (χ1v) is 12.4. The molecule has 0 aromatic heterocycles. The van der Waals surface area contributed by atoms with Gasteiger partial charge in [0.2, 0.25) is 5.91 Å². The van der Waals surface area contributed by atoms with Crippen molar-refractivity contribution < 1.29 is 24.2 Å². The van der Waals surface area contributed by atoms with Gasteiger partial charge < -0.3 is 20.1 Å². The SMILES string of the molecule is CC1(C)CCN(C(=O)CC2(NC(=O)OCC3c4ccccc4-c4ccccc43)CCC2)C1C(=O)O. The molecular weight excluding hydrogens is 444 g/mol. The van der Waals surface area contributed by atoms with Gasteiger partial charge in [-0.2, -0.15) is 0 Å². The highest BCUT2D eigenvalue weighted by Gasteiger charge is 2.49. The van der Waals surface area contributed by atoms with Crippen molar-refractivity contribution in [3.8, 4) is 11.1 Å². The molecule has 5 rings (SSSR count). The Hall–Kier alpha value is -3.35. The van der Waals surface area contributed by atoms with Crippen LogP contribution in [0, 0.1) is 5.41 Å². The number of ether oxygens (including phenoxy) is 1. The molecule has 1 saturated heterocycles. The van der Waals surface area contributed by atoms with E-state index in [9.17, 15) is 19.5 Å². The molecule has 1 atom stereocenters. The lowest BCUT2D eigenvalue weighted by molar-refractivity contribution is -0.152. The number of amides is 2. The first-order valence-electron chi connectivity index (χ1n) is 12.4. The number of fused-ring (bicyclic) bond motifs is 3. The zero-order valence-electron chi connectivity index (χ0n) is 20.3. The van der Waals surface area contributed by atoms with Crippen molar-refractivity contribution >= 4 is 18.0 Å². The van der Waals surface area contributed by atoms with Gasteiger partial charge in [-0.25, -0.2) is 9.59 Å². The van der Waals surface area contributed by atoms with Crippen LogP contribution in [0.3, 0.4) is 0 Å². The van der Waals surface area contributed by atoms with Gasteiger partial charge in [0, 0.05) is 12.5 Å². The van der Waals surface area contributed by atoms with E-state index in [1.807, 2.05) is 38.1 Å². The molecule has 2 fully saturated rings. The van der Waals surface area contributed by atoms with Crippen LogP contribution >= 0.6 is 0 Å². The molecule has 1 saturated carbocycles. The van der Waals surface area contributed by atoms with E-state index >= 15 is 0 Å². The molecule has 2 aromatic rings. The molecule has 7 nitrogen and oxygen atoms in total. The van der Waals surface area contributed by atoms with Crippen LogP contribution in [0.15, 0.2) is 48.5 Å². The number of alkyl carbamates (subject to hydrolysis) is 1. The van der Waals surface area contributed by atoms with Crippen molar-refractivity contribution in [1.29, 1.82) is 0 Å². The first kappa shape index (κ1) is 23.4. The van der Waals surface area contributed by atoms with Crippen LogP contribution in [0.5, 0.6) is 0 Å². The summed E-state index contributed by atoms with van der Waals surface area (Å²) in [4.78, 5) is 39.3. The average molecular weight is 477 g/mol. The molecule has 2 aromatic carbocycles. The highest BCUT2D eigenvalue weighted by Crippen LogP contribution is 2.45. The van der Waals surface area contributed by atoms with Crippen molar-refractivity contribution in [3.05, 3.63) is 59.7 Å². The number of carboxylic acid groups (broad SMARTS) is 1. The van der Waals surface area contributed by atoms with Gasteiger partial charge >= 0.3 is 12.1 Å². The third kappa shape index (κ3) is 4.17. The van der Waals surface area contributed by atoms with Gasteiger partial charge in [0.15, 0.2) is 0 Å². The van der Waals surface area contributed by atoms with E-state index in [0.29, 0.717) is 25.8 Å². The molecule has 184 valence electrons. The molecule has 1 unspecified atom stereocenters.